The lowest BCUT2D eigenvalue weighted by atomic mass is 10.1. The van der Waals surface area contributed by atoms with E-state index in [0.717, 1.165) is 24.2 Å². The fourth-order valence-electron chi connectivity index (χ4n) is 3.40. The Morgan fingerprint density at radius 1 is 0.963 bits per heavy atom. The molecule has 1 amide bonds. The number of ether oxygens (including phenoxy) is 2. The normalized spacial score (nSPS) is 14.9. The Bertz CT molecular complexity index is 771. The molecule has 1 aliphatic rings. The topological polar surface area (TPSA) is 72.5 Å². The van der Waals surface area contributed by atoms with Crippen LogP contribution in [0.4, 0.5) is 11.4 Å². The van der Waals surface area contributed by atoms with Crippen molar-refractivity contribution in [1.29, 1.82) is 0 Å². The molecule has 2 N–H and O–H groups in total. The van der Waals surface area contributed by atoms with E-state index >= 15 is 0 Å². The van der Waals surface area contributed by atoms with Crippen LogP contribution in [-0.4, -0.2) is 31.2 Å². The summed E-state index contributed by atoms with van der Waals surface area (Å²) in [6.45, 7) is 0. The molecule has 1 aliphatic carbocycles. The summed E-state index contributed by atoms with van der Waals surface area (Å²) in [5.41, 5.74) is 2.06. The van der Waals surface area contributed by atoms with Crippen molar-refractivity contribution in [1.82, 2.24) is 10.3 Å². The van der Waals surface area contributed by atoms with Gasteiger partial charge in [-0.1, -0.05) is 25.7 Å². The Morgan fingerprint density at radius 3 is 2.37 bits per heavy atom. The quantitative estimate of drug-likeness (QED) is 0.743. The lowest BCUT2D eigenvalue weighted by molar-refractivity contribution is 0.0928. The van der Waals surface area contributed by atoms with Gasteiger partial charge >= 0.3 is 0 Å². The minimum atomic E-state index is -0.113. The first kappa shape index (κ1) is 19.0. The van der Waals surface area contributed by atoms with E-state index in [4.69, 9.17) is 9.47 Å². The van der Waals surface area contributed by atoms with Crippen molar-refractivity contribution in [3.8, 4) is 11.5 Å². The van der Waals surface area contributed by atoms with Crippen molar-refractivity contribution in [3.63, 3.8) is 0 Å². The number of aromatic nitrogens is 1. The molecule has 0 atom stereocenters. The Hall–Kier alpha value is -2.76. The van der Waals surface area contributed by atoms with Crippen LogP contribution in [0.1, 0.15) is 49.0 Å². The molecule has 0 spiro atoms. The third kappa shape index (κ3) is 5.12. The molecule has 0 radical (unpaired) electrons. The number of hydrogen-bond donors (Lipinski definition) is 2. The molecule has 1 aromatic carbocycles. The summed E-state index contributed by atoms with van der Waals surface area (Å²) in [6, 6.07) is 9.44. The van der Waals surface area contributed by atoms with Crippen LogP contribution in [-0.2, 0) is 0 Å². The van der Waals surface area contributed by atoms with Crippen LogP contribution in [0, 0.1) is 0 Å². The number of methoxy groups -OCH3 is 2. The lowest BCUT2D eigenvalue weighted by Gasteiger charge is -2.16. The highest BCUT2D eigenvalue weighted by Crippen LogP contribution is 2.31. The third-order valence-corrected chi connectivity index (χ3v) is 4.86. The molecule has 1 fully saturated rings. The number of rotatable bonds is 6. The second kappa shape index (κ2) is 9.26. The first-order chi connectivity index (χ1) is 13.2. The van der Waals surface area contributed by atoms with Gasteiger partial charge in [0.2, 0.25) is 0 Å². The summed E-state index contributed by atoms with van der Waals surface area (Å²) in [5, 5.41) is 6.42. The van der Waals surface area contributed by atoms with Crippen LogP contribution < -0.4 is 20.1 Å². The van der Waals surface area contributed by atoms with E-state index in [-0.39, 0.29) is 11.9 Å². The molecule has 1 saturated carbocycles. The predicted octanol–water partition coefficient (Wildman–Crippen LogP) is 4.30. The van der Waals surface area contributed by atoms with Gasteiger partial charge in [-0.3, -0.25) is 9.78 Å². The van der Waals surface area contributed by atoms with Gasteiger partial charge in [0, 0.05) is 29.7 Å². The highest BCUT2D eigenvalue weighted by molar-refractivity contribution is 5.93. The number of benzene rings is 1. The van der Waals surface area contributed by atoms with Crippen LogP contribution in [0.3, 0.4) is 0 Å². The van der Waals surface area contributed by atoms with Gasteiger partial charge in [0.05, 0.1) is 14.2 Å². The predicted molar refractivity (Wildman–Crippen MR) is 106 cm³/mol. The molecule has 3 rings (SSSR count). The average Bonchev–Trinajstić information content (AvgIpc) is 2.96. The number of nitrogens with zero attached hydrogens (tertiary/aromatic N) is 1. The van der Waals surface area contributed by atoms with Gasteiger partial charge in [-0.25, -0.2) is 0 Å². The second-order valence-corrected chi connectivity index (χ2v) is 6.79. The zero-order valence-electron chi connectivity index (χ0n) is 16.0. The molecular formula is C21H27N3O3. The Balaban J connectivity index is 1.68. The number of hydrogen-bond acceptors (Lipinski definition) is 5. The van der Waals surface area contributed by atoms with Crippen LogP contribution in [0.5, 0.6) is 11.5 Å². The molecule has 6 nitrogen and oxygen atoms in total. The number of carbonyl (C=O) groups excluding carboxylic acids is 1. The van der Waals surface area contributed by atoms with Crippen LogP contribution in [0.25, 0.3) is 0 Å². The Morgan fingerprint density at radius 2 is 1.67 bits per heavy atom. The maximum Gasteiger partial charge on any atom is 0.270 e. The van der Waals surface area contributed by atoms with Crippen molar-refractivity contribution in [2.24, 2.45) is 0 Å². The first-order valence-electron chi connectivity index (χ1n) is 9.45. The van der Waals surface area contributed by atoms with E-state index in [2.05, 4.69) is 15.6 Å². The van der Waals surface area contributed by atoms with Gasteiger partial charge in [-0.15, -0.1) is 0 Å². The van der Waals surface area contributed by atoms with E-state index in [1.54, 1.807) is 26.5 Å². The monoisotopic (exact) mass is 369 g/mol. The molecule has 1 heterocycles. The zero-order chi connectivity index (χ0) is 19.1. The molecule has 0 saturated heterocycles. The van der Waals surface area contributed by atoms with E-state index in [1.807, 2.05) is 24.3 Å². The van der Waals surface area contributed by atoms with E-state index < -0.39 is 0 Å². The summed E-state index contributed by atoms with van der Waals surface area (Å²) in [4.78, 5) is 16.8. The molecular weight excluding hydrogens is 342 g/mol. The third-order valence-electron chi connectivity index (χ3n) is 4.86. The molecule has 0 aliphatic heterocycles. The van der Waals surface area contributed by atoms with Crippen LogP contribution >= 0.6 is 0 Å². The summed E-state index contributed by atoms with van der Waals surface area (Å²) in [6.07, 6.45) is 8.62. The van der Waals surface area contributed by atoms with Crippen molar-refractivity contribution in [2.45, 2.75) is 44.6 Å². The number of amides is 1. The summed E-state index contributed by atoms with van der Waals surface area (Å²) >= 11 is 0. The van der Waals surface area contributed by atoms with Crippen molar-refractivity contribution in [2.75, 3.05) is 19.5 Å². The fraction of sp³-hybridized carbons (Fsp3) is 0.429. The smallest absolute Gasteiger partial charge is 0.270 e. The summed E-state index contributed by atoms with van der Waals surface area (Å²) < 4.78 is 10.6. The maximum atomic E-state index is 12.6. The van der Waals surface area contributed by atoms with Crippen molar-refractivity contribution < 1.29 is 14.3 Å². The fourth-order valence-corrected chi connectivity index (χ4v) is 3.40. The van der Waals surface area contributed by atoms with Gasteiger partial charge in [0.15, 0.2) is 11.5 Å². The van der Waals surface area contributed by atoms with Crippen LogP contribution in [0.15, 0.2) is 36.5 Å². The number of carbonyl (C=O) groups is 1. The minimum absolute atomic E-state index is 0.113. The average molecular weight is 369 g/mol. The highest BCUT2D eigenvalue weighted by atomic mass is 16.5. The minimum Gasteiger partial charge on any atom is -0.493 e. The first-order valence-corrected chi connectivity index (χ1v) is 9.45. The van der Waals surface area contributed by atoms with Gasteiger partial charge in [0.1, 0.15) is 5.69 Å². The molecule has 144 valence electrons. The standard InChI is InChI=1S/C21H27N3O3/c1-26-19-10-9-16(14-20(19)27-2)23-17-11-12-22-18(13-17)21(25)24-15-7-5-3-4-6-8-15/h9-15H,3-8H2,1-2H3,(H,22,23)(H,24,25). The van der Waals surface area contributed by atoms with Crippen LogP contribution in [0.2, 0.25) is 0 Å². The van der Waals surface area contributed by atoms with E-state index in [0.29, 0.717) is 17.2 Å². The van der Waals surface area contributed by atoms with Gasteiger partial charge < -0.3 is 20.1 Å². The second-order valence-electron chi connectivity index (χ2n) is 6.79. The molecule has 2 aromatic rings. The number of pyridine rings is 1. The largest absolute Gasteiger partial charge is 0.493 e. The maximum absolute atomic E-state index is 12.6. The molecule has 6 heteroatoms. The summed E-state index contributed by atoms with van der Waals surface area (Å²) in [7, 11) is 3.21. The Labute approximate surface area is 160 Å². The van der Waals surface area contributed by atoms with E-state index in [1.165, 1.54) is 25.7 Å². The zero-order valence-corrected chi connectivity index (χ0v) is 16.0. The number of nitrogens with one attached hydrogen (secondary N) is 2. The van der Waals surface area contributed by atoms with Crippen molar-refractivity contribution in [3.05, 3.63) is 42.2 Å². The van der Waals surface area contributed by atoms with Gasteiger partial charge in [-0.2, -0.15) is 0 Å². The lowest BCUT2D eigenvalue weighted by Crippen LogP contribution is -2.34. The molecule has 0 unspecified atom stereocenters. The molecule has 1 aromatic heterocycles. The number of anilines is 2. The summed E-state index contributed by atoms with van der Waals surface area (Å²) in [5.74, 6) is 1.20. The van der Waals surface area contributed by atoms with Gasteiger partial charge in [0.25, 0.3) is 5.91 Å². The molecule has 27 heavy (non-hydrogen) atoms. The molecule has 0 bridgehead atoms. The SMILES string of the molecule is COc1ccc(Nc2ccnc(C(=O)NC3CCCCCC3)c2)cc1OC. The Kier molecular flexibility index (Phi) is 6.52. The van der Waals surface area contributed by atoms with Crippen molar-refractivity contribution >= 4 is 17.3 Å². The highest BCUT2D eigenvalue weighted by Gasteiger charge is 2.17. The van der Waals surface area contributed by atoms with Gasteiger partial charge in [-0.05, 0) is 37.1 Å². The van der Waals surface area contributed by atoms with E-state index in [9.17, 15) is 4.79 Å².